The summed E-state index contributed by atoms with van der Waals surface area (Å²) in [7, 11) is 0. The zero-order valence-corrected chi connectivity index (χ0v) is 18.6. The lowest BCUT2D eigenvalue weighted by molar-refractivity contribution is -0.115. The fourth-order valence-corrected chi connectivity index (χ4v) is 4.04. The number of amides is 1. The normalized spacial score (nSPS) is 16.7. The highest BCUT2D eigenvalue weighted by atomic mass is 19.1. The molecule has 1 aromatic heterocycles. The van der Waals surface area contributed by atoms with Gasteiger partial charge < -0.3 is 10.6 Å². The van der Waals surface area contributed by atoms with Crippen molar-refractivity contribution in [3.63, 3.8) is 0 Å². The third kappa shape index (κ3) is 5.78. The second kappa shape index (κ2) is 10.0. The molecule has 2 N–H and O–H groups in total. The van der Waals surface area contributed by atoms with E-state index in [9.17, 15) is 9.18 Å². The van der Waals surface area contributed by atoms with Crippen LogP contribution in [0.1, 0.15) is 23.7 Å². The van der Waals surface area contributed by atoms with Crippen molar-refractivity contribution < 1.29 is 9.18 Å². The maximum absolute atomic E-state index is 13.1. The maximum Gasteiger partial charge on any atom is 0.228 e. The summed E-state index contributed by atoms with van der Waals surface area (Å²) < 4.78 is 13.1. The Morgan fingerprint density at radius 2 is 1.88 bits per heavy atom. The second-order valence-electron chi connectivity index (χ2n) is 8.46. The van der Waals surface area contributed by atoms with Crippen molar-refractivity contribution in [2.45, 2.75) is 32.9 Å². The highest BCUT2D eigenvalue weighted by Gasteiger charge is 2.15. The number of hydrogen-bond donors (Lipinski definition) is 2. The molecule has 1 aliphatic rings. The highest BCUT2D eigenvalue weighted by molar-refractivity contribution is 5.92. The van der Waals surface area contributed by atoms with Crippen LogP contribution in [0.25, 0.3) is 11.3 Å². The van der Waals surface area contributed by atoms with Gasteiger partial charge in [-0.1, -0.05) is 18.2 Å². The van der Waals surface area contributed by atoms with Crippen LogP contribution in [0.3, 0.4) is 0 Å². The average Bonchev–Trinajstić information content (AvgIpc) is 2.77. The number of rotatable bonds is 6. The van der Waals surface area contributed by atoms with Gasteiger partial charge in [0, 0.05) is 49.2 Å². The number of benzene rings is 2. The quantitative estimate of drug-likeness (QED) is 0.614. The second-order valence-corrected chi connectivity index (χ2v) is 8.46. The number of pyridine rings is 1. The molecule has 0 aliphatic carbocycles. The molecule has 1 fully saturated rings. The minimum Gasteiger partial charge on any atom is -0.326 e. The van der Waals surface area contributed by atoms with Crippen LogP contribution < -0.4 is 10.6 Å². The average molecular weight is 433 g/mol. The van der Waals surface area contributed by atoms with Crippen LogP contribution in [0.4, 0.5) is 10.1 Å². The molecule has 32 heavy (non-hydrogen) atoms. The van der Waals surface area contributed by atoms with Gasteiger partial charge in [0.05, 0.1) is 12.1 Å². The SMILES string of the molecule is Cc1nc(-c2ccc(F)cc2)ccc1CC(=O)Nc1ccc(CN2CCN[C@@H](C)C2)cc1. The Labute approximate surface area is 188 Å². The molecule has 3 aromatic rings. The van der Waals surface area contributed by atoms with Crippen molar-refractivity contribution in [1.29, 1.82) is 0 Å². The maximum atomic E-state index is 13.1. The number of halogens is 1. The zero-order valence-electron chi connectivity index (χ0n) is 18.6. The van der Waals surface area contributed by atoms with Crippen molar-refractivity contribution >= 4 is 11.6 Å². The van der Waals surface area contributed by atoms with Crippen LogP contribution in [-0.2, 0) is 17.8 Å². The summed E-state index contributed by atoms with van der Waals surface area (Å²) in [5.74, 6) is -0.349. The standard InChI is InChI=1S/C26H29FN4O/c1-18-16-31(14-13-28-18)17-20-3-10-24(11-4-20)30-26(32)15-22-7-12-25(29-19(22)2)21-5-8-23(27)9-6-21/h3-12,18,28H,13-17H2,1-2H3,(H,30,32)/t18-/m0/s1. The number of aryl methyl sites for hydroxylation is 1. The van der Waals surface area contributed by atoms with Crippen LogP contribution in [-0.4, -0.2) is 41.5 Å². The monoisotopic (exact) mass is 432 g/mol. The predicted octanol–water partition coefficient (Wildman–Crippen LogP) is 4.17. The van der Waals surface area contributed by atoms with Gasteiger partial charge in [-0.2, -0.15) is 0 Å². The van der Waals surface area contributed by atoms with Crippen LogP contribution in [0.5, 0.6) is 0 Å². The van der Waals surface area contributed by atoms with Gasteiger partial charge in [0.15, 0.2) is 0 Å². The number of hydrogen-bond acceptors (Lipinski definition) is 4. The summed E-state index contributed by atoms with van der Waals surface area (Å²) >= 11 is 0. The highest BCUT2D eigenvalue weighted by Crippen LogP contribution is 2.20. The lowest BCUT2D eigenvalue weighted by Crippen LogP contribution is -2.48. The lowest BCUT2D eigenvalue weighted by Gasteiger charge is -2.31. The van der Waals surface area contributed by atoms with Gasteiger partial charge in [0.2, 0.25) is 5.91 Å². The molecular formula is C26H29FN4O. The fourth-order valence-electron chi connectivity index (χ4n) is 4.04. The number of nitrogens with zero attached hydrogens (tertiary/aromatic N) is 2. The summed E-state index contributed by atoms with van der Waals surface area (Å²) in [5.41, 5.74) is 5.32. The molecule has 2 heterocycles. The zero-order chi connectivity index (χ0) is 22.5. The van der Waals surface area contributed by atoms with E-state index in [1.807, 2.05) is 31.2 Å². The Hall–Kier alpha value is -3.09. The van der Waals surface area contributed by atoms with Gasteiger partial charge >= 0.3 is 0 Å². The molecule has 5 nitrogen and oxygen atoms in total. The topological polar surface area (TPSA) is 57.3 Å². The number of nitrogens with one attached hydrogen (secondary N) is 2. The largest absolute Gasteiger partial charge is 0.326 e. The van der Waals surface area contributed by atoms with Gasteiger partial charge in [0.25, 0.3) is 0 Å². The third-order valence-corrected chi connectivity index (χ3v) is 5.78. The van der Waals surface area contributed by atoms with Gasteiger partial charge in [-0.05, 0) is 67.4 Å². The number of carbonyl (C=O) groups is 1. The molecule has 4 rings (SSSR count). The Bertz CT molecular complexity index is 1070. The lowest BCUT2D eigenvalue weighted by atomic mass is 10.1. The van der Waals surface area contributed by atoms with E-state index in [4.69, 9.17) is 0 Å². The van der Waals surface area contributed by atoms with E-state index < -0.39 is 0 Å². The van der Waals surface area contributed by atoms with E-state index in [-0.39, 0.29) is 18.1 Å². The number of carbonyl (C=O) groups excluding carboxylic acids is 1. The van der Waals surface area contributed by atoms with Crippen molar-refractivity contribution in [2.75, 3.05) is 25.0 Å². The minimum absolute atomic E-state index is 0.0758. The Balaban J connectivity index is 1.33. The summed E-state index contributed by atoms with van der Waals surface area (Å²) in [6.45, 7) is 8.14. The molecule has 0 unspecified atom stereocenters. The number of anilines is 1. The van der Waals surface area contributed by atoms with Gasteiger partial charge in [-0.3, -0.25) is 14.7 Å². The number of piperazine rings is 1. The van der Waals surface area contributed by atoms with Crippen molar-refractivity contribution in [3.05, 3.63) is 83.3 Å². The van der Waals surface area contributed by atoms with Crippen molar-refractivity contribution in [3.8, 4) is 11.3 Å². The number of aromatic nitrogens is 1. The van der Waals surface area contributed by atoms with Gasteiger partial charge in [-0.25, -0.2) is 4.39 Å². The van der Waals surface area contributed by atoms with E-state index >= 15 is 0 Å². The van der Waals surface area contributed by atoms with E-state index in [1.54, 1.807) is 12.1 Å². The van der Waals surface area contributed by atoms with E-state index in [1.165, 1.54) is 17.7 Å². The molecule has 0 bridgehead atoms. The van der Waals surface area contributed by atoms with Crippen LogP contribution in [0, 0.1) is 12.7 Å². The first-order valence-electron chi connectivity index (χ1n) is 11.0. The first kappa shape index (κ1) is 22.1. The summed E-state index contributed by atoms with van der Waals surface area (Å²) in [5, 5.41) is 6.43. The van der Waals surface area contributed by atoms with Gasteiger partial charge in [-0.15, -0.1) is 0 Å². The van der Waals surface area contributed by atoms with Crippen LogP contribution in [0.15, 0.2) is 60.7 Å². The molecule has 166 valence electrons. The van der Waals surface area contributed by atoms with Crippen LogP contribution >= 0.6 is 0 Å². The third-order valence-electron chi connectivity index (χ3n) is 5.78. The Kier molecular flexibility index (Phi) is 6.93. The molecule has 0 saturated carbocycles. The molecule has 1 aliphatic heterocycles. The van der Waals surface area contributed by atoms with Crippen molar-refractivity contribution in [2.24, 2.45) is 0 Å². The smallest absolute Gasteiger partial charge is 0.228 e. The van der Waals surface area contributed by atoms with E-state index in [0.717, 1.165) is 54.4 Å². The molecule has 1 amide bonds. The van der Waals surface area contributed by atoms with Gasteiger partial charge in [0.1, 0.15) is 5.82 Å². The first-order valence-corrected chi connectivity index (χ1v) is 11.0. The Morgan fingerprint density at radius 1 is 1.12 bits per heavy atom. The molecule has 6 heteroatoms. The molecule has 0 radical (unpaired) electrons. The van der Waals surface area contributed by atoms with E-state index in [2.05, 4.69) is 39.6 Å². The summed E-state index contributed by atoms with van der Waals surface area (Å²) in [6, 6.07) is 18.6. The molecule has 2 aromatic carbocycles. The van der Waals surface area contributed by atoms with Crippen molar-refractivity contribution in [1.82, 2.24) is 15.2 Å². The minimum atomic E-state index is -0.273. The van der Waals surface area contributed by atoms with Crippen LogP contribution in [0.2, 0.25) is 0 Å². The molecular weight excluding hydrogens is 403 g/mol. The first-order chi connectivity index (χ1) is 15.5. The molecule has 1 saturated heterocycles. The Morgan fingerprint density at radius 3 is 2.56 bits per heavy atom. The molecule has 0 spiro atoms. The summed E-state index contributed by atoms with van der Waals surface area (Å²) in [6.07, 6.45) is 0.253. The van der Waals surface area contributed by atoms with E-state index in [0.29, 0.717) is 6.04 Å². The summed E-state index contributed by atoms with van der Waals surface area (Å²) in [4.78, 5) is 19.6. The predicted molar refractivity (Wildman–Crippen MR) is 126 cm³/mol. The molecule has 1 atom stereocenters. The fraction of sp³-hybridized carbons (Fsp3) is 0.308.